The van der Waals surface area contributed by atoms with Gasteiger partial charge in [0, 0.05) is 13.7 Å². The summed E-state index contributed by atoms with van der Waals surface area (Å²) in [6, 6.07) is 0. The zero-order valence-electron chi connectivity index (χ0n) is 13.5. The minimum absolute atomic E-state index is 0.130. The SMILES string of the molecule is CC.CC(C)(O)O.COCC1(C)OC[C@H]2OCC[C@H]2O1. The third-order valence-corrected chi connectivity index (χ3v) is 2.51. The van der Waals surface area contributed by atoms with Gasteiger partial charge in [0.1, 0.15) is 6.10 Å². The lowest BCUT2D eigenvalue weighted by Gasteiger charge is -2.39. The van der Waals surface area contributed by atoms with Gasteiger partial charge in [-0.3, -0.25) is 0 Å². The molecule has 0 spiro atoms. The van der Waals surface area contributed by atoms with Crippen LogP contribution in [0.4, 0.5) is 0 Å². The van der Waals surface area contributed by atoms with Gasteiger partial charge < -0.3 is 29.2 Å². The average molecular weight is 294 g/mol. The Kier molecular flexibility index (Phi) is 8.81. The third-order valence-electron chi connectivity index (χ3n) is 2.51. The number of hydrogen-bond acceptors (Lipinski definition) is 6. The van der Waals surface area contributed by atoms with Crippen LogP contribution in [0.5, 0.6) is 0 Å². The maximum atomic E-state index is 8.08. The lowest BCUT2D eigenvalue weighted by molar-refractivity contribution is -0.315. The molecule has 0 amide bonds. The highest BCUT2D eigenvalue weighted by Gasteiger charge is 2.42. The second kappa shape index (κ2) is 8.92. The average Bonchev–Trinajstić information content (AvgIpc) is 2.76. The summed E-state index contributed by atoms with van der Waals surface area (Å²) in [7, 11) is 1.65. The molecule has 0 bridgehead atoms. The van der Waals surface area contributed by atoms with Crippen LogP contribution in [0.15, 0.2) is 0 Å². The summed E-state index contributed by atoms with van der Waals surface area (Å²) in [4.78, 5) is 0. The largest absolute Gasteiger partial charge is 0.379 e. The molecular weight excluding hydrogens is 264 g/mol. The van der Waals surface area contributed by atoms with E-state index in [2.05, 4.69) is 0 Å². The molecule has 6 heteroatoms. The monoisotopic (exact) mass is 294 g/mol. The maximum Gasteiger partial charge on any atom is 0.189 e. The van der Waals surface area contributed by atoms with E-state index in [0.717, 1.165) is 13.0 Å². The molecule has 0 aromatic carbocycles. The van der Waals surface area contributed by atoms with Crippen LogP contribution in [-0.2, 0) is 18.9 Å². The molecular formula is C14H30O6. The standard InChI is InChI=1S/C9H16O4.C3H8O2.C2H6/c1-9(6-10-2)12-5-8-7(13-9)3-4-11-8;1-3(2,4)5;1-2/h7-8H,3-6H2,1-2H3;4-5H,1-2H3;1-2H3/t7-,8-,9?;;/m1../s1. The van der Waals surface area contributed by atoms with E-state index in [4.69, 9.17) is 29.2 Å². The van der Waals surface area contributed by atoms with Crippen LogP contribution in [-0.4, -0.2) is 60.9 Å². The van der Waals surface area contributed by atoms with Crippen LogP contribution >= 0.6 is 0 Å². The fourth-order valence-electron chi connectivity index (χ4n) is 1.87. The first kappa shape index (κ1) is 19.8. The second-order valence-corrected chi connectivity index (χ2v) is 5.23. The zero-order chi connectivity index (χ0) is 15.8. The van der Waals surface area contributed by atoms with E-state index < -0.39 is 11.6 Å². The molecule has 2 heterocycles. The lowest BCUT2D eigenvalue weighted by Crippen LogP contribution is -2.50. The summed E-state index contributed by atoms with van der Waals surface area (Å²) >= 11 is 0. The second-order valence-electron chi connectivity index (χ2n) is 5.23. The Bertz CT molecular complexity index is 247. The highest BCUT2D eigenvalue weighted by Crippen LogP contribution is 2.30. The van der Waals surface area contributed by atoms with Crippen LogP contribution in [0.3, 0.4) is 0 Å². The normalized spacial score (nSPS) is 32.4. The van der Waals surface area contributed by atoms with Crippen LogP contribution in [0.25, 0.3) is 0 Å². The molecule has 0 aliphatic carbocycles. The van der Waals surface area contributed by atoms with Gasteiger partial charge in [0.25, 0.3) is 0 Å². The van der Waals surface area contributed by atoms with Crippen molar-refractivity contribution in [1.29, 1.82) is 0 Å². The van der Waals surface area contributed by atoms with Crippen LogP contribution in [0.2, 0.25) is 0 Å². The Balaban J connectivity index is 0.000000441. The predicted molar refractivity (Wildman–Crippen MR) is 75.3 cm³/mol. The van der Waals surface area contributed by atoms with Gasteiger partial charge in [0.05, 0.1) is 19.3 Å². The van der Waals surface area contributed by atoms with Crippen molar-refractivity contribution in [1.82, 2.24) is 0 Å². The van der Waals surface area contributed by atoms with Gasteiger partial charge in [-0.1, -0.05) is 13.8 Å². The van der Waals surface area contributed by atoms with Gasteiger partial charge in [0.15, 0.2) is 11.6 Å². The van der Waals surface area contributed by atoms with Gasteiger partial charge in [-0.2, -0.15) is 0 Å². The molecule has 2 saturated heterocycles. The fourth-order valence-corrected chi connectivity index (χ4v) is 1.87. The van der Waals surface area contributed by atoms with E-state index in [0.29, 0.717) is 13.2 Å². The first-order valence-electron chi connectivity index (χ1n) is 7.10. The van der Waals surface area contributed by atoms with Crippen molar-refractivity contribution in [2.75, 3.05) is 26.9 Å². The van der Waals surface area contributed by atoms with Crippen LogP contribution in [0, 0.1) is 0 Å². The molecule has 0 saturated carbocycles. The van der Waals surface area contributed by atoms with Crippen molar-refractivity contribution in [3.8, 4) is 0 Å². The number of fused-ring (bicyclic) bond motifs is 1. The minimum atomic E-state index is -1.50. The quantitative estimate of drug-likeness (QED) is 0.747. The molecule has 2 fully saturated rings. The maximum absolute atomic E-state index is 8.08. The van der Waals surface area contributed by atoms with Crippen molar-refractivity contribution in [3.63, 3.8) is 0 Å². The fraction of sp³-hybridized carbons (Fsp3) is 1.00. The van der Waals surface area contributed by atoms with Gasteiger partial charge in [-0.25, -0.2) is 0 Å². The van der Waals surface area contributed by atoms with E-state index in [1.54, 1.807) is 7.11 Å². The highest BCUT2D eigenvalue weighted by molar-refractivity contribution is 4.84. The number of hydrogen-bond donors (Lipinski definition) is 2. The first-order valence-corrected chi connectivity index (χ1v) is 7.10. The molecule has 6 nitrogen and oxygen atoms in total. The van der Waals surface area contributed by atoms with Crippen LogP contribution in [0.1, 0.15) is 41.0 Å². The summed E-state index contributed by atoms with van der Waals surface area (Å²) < 4.78 is 21.8. The van der Waals surface area contributed by atoms with E-state index >= 15 is 0 Å². The molecule has 2 aliphatic heterocycles. The molecule has 0 aromatic rings. The minimum Gasteiger partial charge on any atom is -0.379 e. The van der Waals surface area contributed by atoms with E-state index in [1.807, 2.05) is 20.8 Å². The smallest absolute Gasteiger partial charge is 0.189 e. The molecule has 122 valence electrons. The predicted octanol–water partition coefficient (Wildman–Crippen LogP) is 1.29. The zero-order valence-corrected chi connectivity index (χ0v) is 13.5. The Morgan fingerprint density at radius 2 is 1.80 bits per heavy atom. The number of rotatable bonds is 2. The number of ether oxygens (including phenoxy) is 4. The van der Waals surface area contributed by atoms with Crippen molar-refractivity contribution in [2.24, 2.45) is 0 Å². The van der Waals surface area contributed by atoms with Gasteiger partial charge in [0.2, 0.25) is 0 Å². The third kappa shape index (κ3) is 8.14. The molecule has 0 radical (unpaired) electrons. The van der Waals surface area contributed by atoms with Crippen molar-refractivity contribution in [2.45, 2.75) is 64.8 Å². The van der Waals surface area contributed by atoms with E-state index in [1.165, 1.54) is 13.8 Å². The summed E-state index contributed by atoms with van der Waals surface area (Å²) in [6.07, 6.45) is 1.28. The molecule has 2 N–H and O–H groups in total. The molecule has 2 aliphatic rings. The van der Waals surface area contributed by atoms with Crippen molar-refractivity contribution >= 4 is 0 Å². The topological polar surface area (TPSA) is 77.4 Å². The Morgan fingerprint density at radius 1 is 1.25 bits per heavy atom. The Hall–Kier alpha value is -0.240. The molecule has 1 unspecified atom stereocenters. The highest BCUT2D eigenvalue weighted by atomic mass is 16.7. The molecule has 20 heavy (non-hydrogen) atoms. The number of methoxy groups -OCH3 is 1. The van der Waals surface area contributed by atoms with Gasteiger partial charge in [-0.05, 0) is 27.2 Å². The number of aliphatic hydroxyl groups is 2. The van der Waals surface area contributed by atoms with Gasteiger partial charge in [-0.15, -0.1) is 0 Å². The summed E-state index contributed by atoms with van der Waals surface area (Å²) in [5, 5.41) is 16.2. The summed E-state index contributed by atoms with van der Waals surface area (Å²) in [6.45, 7) is 10.4. The summed E-state index contributed by atoms with van der Waals surface area (Å²) in [5.74, 6) is -2.08. The molecule has 3 atom stereocenters. The van der Waals surface area contributed by atoms with Gasteiger partial charge >= 0.3 is 0 Å². The first-order chi connectivity index (χ1) is 9.23. The lowest BCUT2D eigenvalue weighted by atomic mass is 10.1. The van der Waals surface area contributed by atoms with Crippen molar-refractivity contribution < 1.29 is 29.2 Å². The van der Waals surface area contributed by atoms with E-state index in [9.17, 15) is 0 Å². The van der Waals surface area contributed by atoms with Crippen LogP contribution < -0.4 is 0 Å². The Morgan fingerprint density at radius 3 is 2.30 bits per heavy atom. The molecule has 0 aromatic heterocycles. The summed E-state index contributed by atoms with van der Waals surface area (Å²) in [5.41, 5.74) is 0. The van der Waals surface area contributed by atoms with E-state index in [-0.39, 0.29) is 12.2 Å². The van der Waals surface area contributed by atoms with Crippen molar-refractivity contribution in [3.05, 3.63) is 0 Å². The molecule has 2 rings (SSSR count). The Labute approximate surface area is 122 Å².